The monoisotopic (exact) mass is 830 g/mol. The molecule has 0 aliphatic heterocycles. The molecule has 2 aromatic heterocycles. The van der Waals surface area contributed by atoms with Crippen molar-refractivity contribution in [3.63, 3.8) is 0 Å². The largest absolute Gasteiger partial charge is 0.373 e. The minimum atomic E-state index is -2.58. The Morgan fingerprint density at radius 3 is 1.76 bits per heavy atom. The molecule has 46 heavy (non-hydrogen) atoms. The normalized spacial score (nSPS) is 16.3. The zero-order chi connectivity index (χ0) is 31.2. The summed E-state index contributed by atoms with van der Waals surface area (Å²) in [7, 11) is 1.02. The van der Waals surface area contributed by atoms with Crippen molar-refractivity contribution in [3.05, 3.63) is 78.5 Å². The van der Waals surface area contributed by atoms with Crippen molar-refractivity contribution >= 4 is 18.7 Å². The number of hydrogen-bond acceptors (Lipinski definition) is 2. The van der Waals surface area contributed by atoms with Gasteiger partial charge in [0.2, 0.25) is 0 Å². The van der Waals surface area contributed by atoms with Crippen LogP contribution >= 0.6 is 0 Å². The van der Waals surface area contributed by atoms with Gasteiger partial charge in [-0.3, -0.25) is 27.5 Å². The number of nitrogens with zero attached hydrogens (tertiary/aromatic N) is 4. The van der Waals surface area contributed by atoms with E-state index in [1.54, 1.807) is 23.2 Å². The Bertz CT molecular complexity index is 1670. The number of halogens is 4. The topological polar surface area (TPSA) is 35.6 Å². The maximum absolute atomic E-state index is 15.9. The van der Waals surface area contributed by atoms with Gasteiger partial charge in [-0.05, 0) is 31.1 Å². The molecule has 4 nitrogen and oxygen atoms in total. The second-order valence-electron chi connectivity index (χ2n) is 13.3. The van der Waals surface area contributed by atoms with Crippen LogP contribution in [0, 0.1) is 48.7 Å². The molecule has 2 aliphatic rings. The molecule has 0 spiro atoms. The number of aryl methyl sites for hydroxylation is 2. The smallest absolute Gasteiger partial charge is 0.160 e. The summed E-state index contributed by atoms with van der Waals surface area (Å²) in [4.78, 5) is 9.75. The van der Waals surface area contributed by atoms with E-state index in [0.29, 0.717) is 18.1 Å². The molecule has 0 bridgehead atoms. The Morgan fingerprint density at radius 1 is 0.739 bits per heavy atom. The predicted octanol–water partition coefficient (Wildman–Crippen LogP) is 8.09. The third-order valence-corrected chi connectivity index (χ3v) is 12.9. The first-order chi connectivity index (χ1) is 21.1. The van der Waals surface area contributed by atoms with Crippen LogP contribution in [0.25, 0.3) is 22.8 Å². The molecule has 0 radical (unpaired) electrons. The first-order valence-electron chi connectivity index (χ1n) is 15.9. The summed E-state index contributed by atoms with van der Waals surface area (Å²) >= 11 is 0. The van der Waals surface area contributed by atoms with Crippen LogP contribution < -0.4 is 10.6 Å². The molecule has 2 heterocycles. The van der Waals surface area contributed by atoms with Crippen LogP contribution in [0.4, 0.5) is 17.6 Å². The average molecular weight is 831 g/mol. The summed E-state index contributed by atoms with van der Waals surface area (Å²) in [5.74, 6) is -1.36. The standard InChI is InChI=1S/C35H40F4N4Si.CH3.Pt/c1-42-20-29(40-34(42)24-15-17-27(36)26(32(24)38)19-22-11-7-5-8-12-22)44(3,4)30-21-43(2)35(41-30)25-16-18-28(37)31(33(25)39)23-13-9-6-10-14-23;;/h17-18,20-23H,5-14,19H2,1-4H3;1H3;/q-2;-1;. The Labute approximate surface area is 286 Å². The molecule has 6 rings (SSSR count). The summed E-state index contributed by atoms with van der Waals surface area (Å²) in [5.41, 5.74) is 0.594. The van der Waals surface area contributed by atoms with Gasteiger partial charge in [-0.25, -0.2) is 0 Å². The number of hydrogen-bond donors (Lipinski definition) is 0. The van der Waals surface area contributed by atoms with Gasteiger partial charge >= 0.3 is 0 Å². The van der Waals surface area contributed by atoms with Crippen LogP contribution in [0.1, 0.15) is 81.3 Å². The number of benzene rings is 2. The van der Waals surface area contributed by atoms with Crippen LogP contribution in [0.3, 0.4) is 0 Å². The summed E-state index contributed by atoms with van der Waals surface area (Å²) in [6.45, 7) is 4.17. The summed E-state index contributed by atoms with van der Waals surface area (Å²) in [6.07, 6.45) is 14.1. The van der Waals surface area contributed by atoms with Crippen LogP contribution in [-0.4, -0.2) is 27.2 Å². The van der Waals surface area contributed by atoms with Crippen molar-refractivity contribution in [1.82, 2.24) is 19.1 Å². The predicted molar refractivity (Wildman–Crippen MR) is 174 cm³/mol. The van der Waals surface area contributed by atoms with Gasteiger partial charge in [-0.2, -0.15) is 0 Å². The zero-order valence-corrected chi connectivity index (χ0v) is 30.6. The molecule has 0 saturated heterocycles. The van der Waals surface area contributed by atoms with E-state index in [1.807, 2.05) is 12.4 Å². The molecule has 0 amide bonds. The second kappa shape index (κ2) is 14.7. The molecule has 10 heteroatoms. The van der Waals surface area contributed by atoms with E-state index >= 15 is 8.78 Å². The van der Waals surface area contributed by atoms with E-state index in [2.05, 4.69) is 25.2 Å². The molecule has 2 saturated carbocycles. The van der Waals surface area contributed by atoms with Gasteiger partial charge in [0.25, 0.3) is 0 Å². The molecular formula is C36H43F4N4PtSi-3. The average Bonchev–Trinajstić information content (AvgIpc) is 3.60. The Hall–Kier alpha value is -2.51. The Balaban J connectivity index is 0.00000240. The maximum atomic E-state index is 15.9. The van der Waals surface area contributed by atoms with Crippen LogP contribution in [0.5, 0.6) is 0 Å². The molecule has 0 atom stereocenters. The molecule has 4 aromatic rings. The molecule has 2 aromatic carbocycles. The van der Waals surface area contributed by atoms with Crippen molar-refractivity contribution in [2.45, 2.75) is 89.6 Å². The van der Waals surface area contributed by atoms with Gasteiger partial charge in [-0.1, -0.05) is 86.7 Å². The number of rotatable bonds is 7. The minimum absolute atomic E-state index is 0. The second-order valence-corrected chi connectivity index (χ2v) is 17.6. The summed E-state index contributed by atoms with van der Waals surface area (Å²) in [5, 5.41) is 1.52. The van der Waals surface area contributed by atoms with Gasteiger partial charge in [0, 0.05) is 81.5 Å². The van der Waals surface area contributed by atoms with Crippen LogP contribution in [-0.2, 0) is 41.6 Å². The van der Waals surface area contributed by atoms with Crippen molar-refractivity contribution in [3.8, 4) is 22.8 Å². The fraction of sp³-hybridized carbons (Fsp3) is 0.472. The van der Waals surface area contributed by atoms with E-state index in [1.165, 1.54) is 18.6 Å². The van der Waals surface area contributed by atoms with Crippen molar-refractivity contribution in [2.75, 3.05) is 0 Å². The first kappa shape index (κ1) is 36.3. The van der Waals surface area contributed by atoms with Crippen LogP contribution in [0.2, 0.25) is 13.1 Å². The van der Waals surface area contributed by atoms with Crippen molar-refractivity contribution in [1.29, 1.82) is 0 Å². The third-order valence-electron chi connectivity index (χ3n) is 9.88. The first-order valence-corrected chi connectivity index (χ1v) is 18.9. The van der Waals surface area contributed by atoms with E-state index in [-0.39, 0.29) is 62.6 Å². The van der Waals surface area contributed by atoms with Gasteiger partial charge in [-0.15, -0.1) is 24.3 Å². The fourth-order valence-corrected chi connectivity index (χ4v) is 9.21. The Morgan fingerprint density at radius 2 is 1.22 bits per heavy atom. The minimum Gasteiger partial charge on any atom is -0.373 e. The zero-order valence-electron chi connectivity index (χ0n) is 27.4. The molecule has 0 unspecified atom stereocenters. The molecule has 0 N–H and O–H groups in total. The van der Waals surface area contributed by atoms with Gasteiger partial charge in [0.1, 0.15) is 0 Å². The van der Waals surface area contributed by atoms with Crippen molar-refractivity contribution in [2.24, 2.45) is 20.0 Å². The van der Waals surface area contributed by atoms with E-state index in [0.717, 1.165) is 68.4 Å². The number of imidazole rings is 2. The van der Waals surface area contributed by atoms with Gasteiger partial charge in [0.05, 0.1) is 11.6 Å². The van der Waals surface area contributed by atoms with Crippen LogP contribution in [0.15, 0.2) is 24.5 Å². The Kier molecular flexibility index (Phi) is 11.6. The maximum Gasteiger partial charge on any atom is 0.160 e. The fourth-order valence-electron chi connectivity index (χ4n) is 7.15. The molecule has 2 aliphatic carbocycles. The van der Waals surface area contributed by atoms with Gasteiger partial charge in [0.15, 0.2) is 8.07 Å². The quantitative estimate of drug-likeness (QED) is 0.107. The molecule has 252 valence electrons. The summed E-state index contributed by atoms with van der Waals surface area (Å²) in [6, 6.07) is 8.09. The van der Waals surface area contributed by atoms with E-state index < -0.39 is 31.3 Å². The van der Waals surface area contributed by atoms with Crippen molar-refractivity contribution < 1.29 is 38.6 Å². The molecule has 2 fully saturated rings. The summed E-state index contributed by atoms with van der Waals surface area (Å²) < 4.78 is 65.0. The SMILES string of the molecule is Cn1cc([Si](C)(C)c2cn(C)c(-c3[c-]cc(F)c(C4CCCCC4)c3F)n2)nc1-c1[c-]cc(F)c(CC2CCCCC2)c1F.[CH3-].[Pt]. The van der Waals surface area contributed by atoms with Gasteiger partial charge < -0.3 is 16.6 Å². The van der Waals surface area contributed by atoms with E-state index in [9.17, 15) is 8.78 Å². The number of aromatic nitrogens is 4. The van der Waals surface area contributed by atoms with E-state index in [4.69, 9.17) is 9.97 Å². The third kappa shape index (κ3) is 6.87. The molecular weight excluding hydrogens is 788 g/mol.